The molecule has 0 radical (unpaired) electrons. The maximum atomic E-state index is 10.5. The van der Waals surface area contributed by atoms with Crippen molar-refractivity contribution in [2.75, 3.05) is 0 Å². The van der Waals surface area contributed by atoms with E-state index in [0.717, 1.165) is 61.2 Å². The summed E-state index contributed by atoms with van der Waals surface area (Å²) in [5, 5.41) is 20.7. The van der Waals surface area contributed by atoms with Gasteiger partial charge < -0.3 is 10.2 Å². The topological polar surface area (TPSA) is 40.5 Å². The Morgan fingerprint density at radius 2 is 1.86 bits per heavy atom. The van der Waals surface area contributed by atoms with E-state index in [1.807, 2.05) is 20.8 Å². The van der Waals surface area contributed by atoms with Crippen molar-refractivity contribution < 1.29 is 10.2 Å². The molecule has 4 aliphatic carbocycles. The van der Waals surface area contributed by atoms with Crippen LogP contribution in [0.4, 0.5) is 0 Å². The first-order valence-electron chi connectivity index (χ1n) is 12.1. The van der Waals surface area contributed by atoms with Gasteiger partial charge in [0.2, 0.25) is 0 Å². The Labute approximate surface area is 173 Å². The molecule has 0 bridgehead atoms. The minimum Gasteiger partial charge on any atom is -0.390 e. The fraction of sp³-hybridized carbons (Fsp3) is 0.923. The van der Waals surface area contributed by atoms with Crippen LogP contribution in [0.5, 0.6) is 0 Å². The summed E-state index contributed by atoms with van der Waals surface area (Å²) in [5.41, 5.74) is 1.10. The highest BCUT2D eigenvalue weighted by molar-refractivity contribution is 5.21. The average Bonchev–Trinajstić information content (AvgIpc) is 2.95. The fourth-order valence-corrected chi connectivity index (χ4v) is 8.22. The number of hydrogen-bond acceptors (Lipinski definition) is 2. The Bertz CT molecular complexity index is 612. The first kappa shape index (κ1) is 20.9. The third-order valence-corrected chi connectivity index (χ3v) is 9.69. The molecule has 4 aliphatic rings. The number of hydrogen-bond donors (Lipinski definition) is 2. The van der Waals surface area contributed by atoms with Crippen molar-refractivity contribution in [3.05, 3.63) is 11.6 Å². The zero-order chi connectivity index (χ0) is 20.3. The molecule has 2 N–H and O–H groups in total. The summed E-state index contributed by atoms with van der Waals surface area (Å²) in [6.45, 7) is 11.0. The van der Waals surface area contributed by atoms with Gasteiger partial charge in [0.25, 0.3) is 0 Å². The number of allylic oxidation sites excluding steroid dienone is 1. The van der Waals surface area contributed by atoms with E-state index in [9.17, 15) is 10.2 Å². The van der Waals surface area contributed by atoms with Gasteiger partial charge in [-0.05, 0) is 126 Å². The lowest BCUT2D eigenvalue weighted by Crippen LogP contribution is -2.48. The van der Waals surface area contributed by atoms with E-state index in [-0.39, 0.29) is 0 Å². The van der Waals surface area contributed by atoms with E-state index in [1.54, 1.807) is 5.57 Å². The molecule has 0 heterocycles. The second kappa shape index (κ2) is 7.12. The molecule has 2 heteroatoms. The predicted octanol–water partition coefficient (Wildman–Crippen LogP) is 6.11. The van der Waals surface area contributed by atoms with E-state index in [1.165, 1.54) is 38.5 Å². The summed E-state index contributed by atoms with van der Waals surface area (Å²) in [5.74, 6) is 4.95. The van der Waals surface area contributed by atoms with Gasteiger partial charge in [0, 0.05) is 0 Å². The lowest BCUT2D eigenvalue weighted by atomic mass is 9.50. The van der Waals surface area contributed by atoms with Crippen LogP contribution in [0.1, 0.15) is 98.8 Å². The van der Waals surface area contributed by atoms with Crippen LogP contribution in [-0.2, 0) is 0 Å². The Morgan fingerprint density at radius 1 is 1.11 bits per heavy atom. The molecule has 0 saturated heterocycles. The molecule has 3 fully saturated rings. The summed E-state index contributed by atoms with van der Waals surface area (Å²) in [7, 11) is 0. The van der Waals surface area contributed by atoms with Gasteiger partial charge >= 0.3 is 0 Å². The van der Waals surface area contributed by atoms with Gasteiger partial charge in [0.15, 0.2) is 0 Å². The third kappa shape index (κ3) is 3.73. The van der Waals surface area contributed by atoms with Crippen LogP contribution in [0.2, 0.25) is 0 Å². The van der Waals surface area contributed by atoms with Gasteiger partial charge in [-0.15, -0.1) is 0 Å². The Kier molecular flexibility index (Phi) is 5.32. The van der Waals surface area contributed by atoms with Gasteiger partial charge in [-0.25, -0.2) is 0 Å². The number of fused-ring (bicyclic) bond motifs is 5. The van der Waals surface area contributed by atoms with E-state index in [4.69, 9.17) is 0 Å². The normalized spacial score (nSPS) is 47.0. The van der Waals surface area contributed by atoms with Crippen molar-refractivity contribution >= 4 is 0 Å². The zero-order valence-electron chi connectivity index (χ0n) is 19.0. The van der Waals surface area contributed by atoms with Crippen LogP contribution in [0.25, 0.3) is 0 Å². The molecule has 0 aromatic heterocycles. The molecule has 8 atom stereocenters. The molecule has 3 saturated carbocycles. The predicted molar refractivity (Wildman–Crippen MR) is 116 cm³/mol. The maximum absolute atomic E-state index is 10.5. The molecule has 0 aromatic carbocycles. The SMILES string of the molecule is C[C@H](CCC(C)(C)O)C1CCC2C3CC=C4C[C@@](C)(O)CCC4C3CCC21C. The van der Waals surface area contributed by atoms with Crippen LogP contribution in [0, 0.1) is 40.9 Å². The summed E-state index contributed by atoms with van der Waals surface area (Å²) in [4.78, 5) is 0. The standard InChI is InChI=1S/C26H44O2/c1-17(10-13-24(2,3)27)22-8-9-23-21-7-6-18-16-25(4,28)14-11-19(18)20(21)12-15-26(22,23)5/h6,17,19-23,27-28H,7-16H2,1-5H3/t17-,19?,20?,21?,22?,23?,25+,26?/m1/s1. The van der Waals surface area contributed by atoms with Crippen LogP contribution in [0.15, 0.2) is 11.6 Å². The van der Waals surface area contributed by atoms with Gasteiger partial charge in [0.05, 0.1) is 11.2 Å². The third-order valence-electron chi connectivity index (χ3n) is 9.69. The summed E-state index contributed by atoms with van der Waals surface area (Å²) in [6, 6.07) is 0. The van der Waals surface area contributed by atoms with E-state index in [0.29, 0.717) is 5.41 Å². The van der Waals surface area contributed by atoms with Crippen molar-refractivity contribution in [2.24, 2.45) is 40.9 Å². The Hall–Kier alpha value is -0.340. The summed E-state index contributed by atoms with van der Waals surface area (Å²) >= 11 is 0. The van der Waals surface area contributed by atoms with Crippen molar-refractivity contribution in [3.8, 4) is 0 Å². The molecule has 28 heavy (non-hydrogen) atoms. The van der Waals surface area contributed by atoms with Crippen molar-refractivity contribution in [2.45, 2.75) is 110 Å². The summed E-state index contributed by atoms with van der Waals surface area (Å²) < 4.78 is 0. The average molecular weight is 389 g/mol. The highest BCUT2D eigenvalue weighted by Crippen LogP contribution is 2.65. The minimum atomic E-state index is -0.530. The maximum Gasteiger partial charge on any atom is 0.0657 e. The van der Waals surface area contributed by atoms with E-state index in [2.05, 4.69) is 19.9 Å². The summed E-state index contributed by atoms with van der Waals surface area (Å²) in [6.07, 6.45) is 14.6. The Morgan fingerprint density at radius 3 is 2.57 bits per heavy atom. The molecular formula is C26H44O2. The quantitative estimate of drug-likeness (QED) is 0.570. The van der Waals surface area contributed by atoms with E-state index >= 15 is 0 Å². The highest BCUT2D eigenvalue weighted by Gasteiger charge is 2.56. The minimum absolute atomic E-state index is 0.466. The monoisotopic (exact) mass is 388 g/mol. The van der Waals surface area contributed by atoms with Crippen LogP contribution in [-0.4, -0.2) is 21.4 Å². The second-order valence-corrected chi connectivity index (χ2v) is 12.3. The highest BCUT2D eigenvalue weighted by atomic mass is 16.3. The van der Waals surface area contributed by atoms with Gasteiger partial charge in [-0.2, -0.15) is 0 Å². The van der Waals surface area contributed by atoms with Crippen LogP contribution >= 0.6 is 0 Å². The fourth-order valence-electron chi connectivity index (χ4n) is 8.22. The molecule has 0 amide bonds. The lowest BCUT2D eigenvalue weighted by Gasteiger charge is -2.55. The molecule has 0 aromatic rings. The number of rotatable bonds is 4. The Balaban J connectivity index is 1.48. The smallest absolute Gasteiger partial charge is 0.0657 e. The molecular weight excluding hydrogens is 344 g/mol. The van der Waals surface area contributed by atoms with Crippen molar-refractivity contribution in [1.29, 1.82) is 0 Å². The zero-order valence-corrected chi connectivity index (χ0v) is 19.0. The largest absolute Gasteiger partial charge is 0.390 e. The van der Waals surface area contributed by atoms with E-state index < -0.39 is 11.2 Å². The van der Waals surface area contributed by atoms with Crippen molar-refractivity contribution in [3.63, 3.8) is 0 Å². The van der Waals surface area contributed by atoms with Crippen LogP contribution < -0.4 is 0 Å². The first-order chi connectivity index (χ1) is 13.0. The van der Waals surface area contributed by atoms with Gasteiger partial charge in [-0.1, -0.05) is 25.5 Å². The lowest BCUT2D eigenvalue weighted by molar-refractivity contribution is -0.0422. The van der Waals surface area contributed by atoms with Crippen LogP contribution in [0.3, 0.4) is 0 Å². The first-order valence-corrected chi connectivity index (χ1v) is 12.1. The van der Waals surface area contributed by atoms with Gasteiger partial charge in [-0.3, -0.25) is 0 Å². The number of aliphatic hydroxyl groups is 2. The van der Waals surface area contributed by atoms with Gasteiger partial charge in [0.1, 0.15) is 0 Å². The second-order valence-electron chi connectivity index (χ2n) is 12.3. The molecule has 2 nitrogen and oxygen atoms in total. The molecule has 4 rings (SSSR count). The molecule has 0 spiro atoms. The molecule has 6 unspecified atom stereocenters. The molecule has 0 aliphatic heterocycles. The molecule has 160 valence electrons. The van der Waals surface area contributed by atoms with Crippen molar-refractivity contribution in [1.82, 2.24) is 0 Å².